The Kier molecular flexibility index (Phi) is 3.96. The van der Waals surface area contributed by atoms with E-state index in [0.717, 1.165) is 0 Å². The molecule has 2 N–H and O–H groups in total. The van der Waals surface area contributed by atoms with Gasteiger partial charge in [0.05, 0.1) is 11.0 Å². The lowest BCUT2D eigenvalue weighted by atomic mass is 10.3. The molecule has 0 saturated carbocycles. The zero-order valence-corrected chi connectivity index (χ0v) is 12.2. The topological polar surface area (TPSA) is 124 Å². The third-order valence-electron chi connectivity index (χ3n) is 2.95. The number of rotatable bonds is 5. The molecule has 2 aromatic rings. The van der Waals surface area contributed by atoms with E-state index in [1.54, 1.807) is 31.9 Å². The maximum absolute atomic E-state index is 11.2. The average molecular weight is 292 g/mol. The van der Waals surface area contributed by atoms with Crippen molar-refractivity contribution in [1.82, 2.24) is 24.7 Å². The SMILES string of the molecule is CNc1nc(C)c([N+](=O)[O-])c(NC(C)c2nncn2C)n1. The van der Waals surface area contributed by atoms with Crippen LogP contribution in [0.25, 0.3) is 0 Å². The Hall–Kier alpha value is -2.78. The summed E-state index contributed by atoms with van der Waals surface area (Å²) < 4.78 is 1.73. The van der Waals surface area contributed by atoms with Crippen molar-refractivity contribution in [3.05, 3.63) is 28.0 Å². The van der Waals surface area contributed by atoms with Gasteiger partial charge in [0.15, 0.2) is 5.82 Å². The summed E-state index contributed by atoms with van der Waals surface area (Å²) >= 11 is 0. The largest absolute Gasteiger partial charge is 0.357 e. The first-order chi connectivity index (χ1) is 9.93. The molecule has 0 aromatic carbocycles. The van der Waals surface area contributed by atoms with Crippen LogP contribution in [0.4, 0.5) is 17.5 Å². The van der Waals surface area contributed by atoms with Crippen LogP contribution in [0, 0.1) is 17.0 Å². The zero-order valence-electron chi connectivity index (χ0n) is 12.2. The van der Waals surface area contributed by atoms with Crippen LogP contribution >= 0.6 is 0 Å². The van der Waals surface area contributed by atoms with E-state index in [9.17, 15) is 10.1 Å². The van der Waals surface area contributed by atoms with Crippen molar-refractivity contribution >= 4 is 17.5 Å². The minimum absolute atomic E-state index is 0.146. The molecule has 0 amide bonds. The average Bonchev–Trinajstić information content (AvgIpc) is 2.83. The number of nitrogens with one attached hydrogen (secondary N) is 2. The van der Waals surface area contributed by atoms with Gasteiger partial charge in [0.1, 0.15) is 12.0 Å². The summed E-state index contributed by atoms with van der Waals surface area (Å²) in [6.45, 7) is 3.39. The number of nitrogens with zero attached hydrogens (tertiary/aromatic N) is 6. The predicted octanol–water partition coefficient (Wildman–Crippen LogP) is 1.04. The van der Waals surface area contributed by atoms with E-state index in [-0.39, 0.29) is 23.2 Å². The highest BCUT2D eigenvalue weighted by Gasteiger charge is 2.24. The van der Waals surface area contributed by atoms with Crippen LogP contribution in [0.5, 0.6) is 0 Å². The van der Waals surface area contributed by atoms with Crippen LogP contribution in [0.3, 0.4) is 0 Å². The van der Waals surface area contributed by atoms with Gasteiger partial charge >= 0.3 is 5.69 Å². The second-order valence-corrected chi connectivity index (χ2v) is 4.50. The Balaban J connectivity index is 2.40. The van der Waals surface area contributed by atoms with Gasteiger partial charge in [-0.1, -0.05) is 0 Å². The molecule has 2 heterocycles. The third-order valence-corrected chi connectivity index (χ3v) is 2.95. The highest BCUT2D eigenvalue weighted by molar-refractivity contribution is 5.61. The van der Waals surface area contributed by atoms with E-state index in [1.165, 1.54) is 0 Å². The summed E-state index contributed by atoms with van der Waals surface area (Å²) in [6, 6.07) is -0.296. The summed E-state index contributed by atoms with van der Waals surface area (Å²) in [5, 5.41) is 24.7. The maximum Gasteiger partial charge on any atom is 0.332 e. The lowest BCUT2D eigenvalue weighted by Gasteiger charge is -2.14. The minimum Gasteiger partial charge on any atom is -0.357 e. The van der Waals surface area contributed by atoms with Crippen molar-refractivity contribution in [3.63, 3.8) is 0 Å². The fourth-order valence-electron chi connectivity index (χ4n) is 1.95. The molecular formula is C11H16N8O2. The van der Waals surface area contributed by atoms with Gasteiger partial charge in [0.2, 0.25) is 11.8 Å². The number of aryl methyl sites for hydroxylation is 2. The maximum atomic E-state index is 11.2. The zero-order chi connectivity index (χ0) is 15.6. The van der Waals surface area contributed by atoms with Crippen molar-refractivity contribution < 1.29 is 4.92 Å². The van der Waals surface area contributed by atoms with Gasteiger partial charge in [-0.3, -0.25) is 10.1 Å². The number of nitro groups is 1. The molecule has 0 radical (unpaired) electrons. The Morgan fingerprint density at radius 1 is 1.43 bits per heavy atom. The Bertz CT molecular complexity index is 668. The molecule has 0 aliphatic carbocycles. The Morgan fingerprint density at radius 2 is 2.14 bits per heavy atom. The van der Waals surface area contributed by atoms with E-state index < -0.39 is 4.92 Å². The molecule has 10 heteroatoms. The molecule has 2 aromatic heterocycles. The summed E-state index contributed by atoms with van der Waals surface area (Å²) in [6.07, 6.45) is 1.56. The van der Waals surface area contributed by atoms with Crippen molar-refractivity contribution in [1.29, 1.82) is 0 Å². The summed E-state index contributed by atoms with van der Waals surface area (Å²) in [5.41, 5.74) is 0.134. The number of aromatic nitrogens is 5. The molecule has 0 aliphatic rings. The summed E-state index contributed by atoms with van der Waals surface area (Å²) in [5.74, 6) is 1.10. The molecule has 0 spiro atoms. The monoisotopic (exact) mass is 292 g/mol. The van der Waals surface area contributed by atoms with Crippen LogP contribution in [-0.4, -0.2) is 36.7 Å². The van der Waals surface area contributed by atoms with Crippen LogP contribution < -0.4 is 10.6 Å². The summed E-state index contributed by atoms with van der Waals surface area (Å²) in [4.78, 5) is 18.9. The van der Waals surface area contributed by atoms with Crippen molar-refractivity contribution in [2.24, 2.45) is 7.05 Å². The molecule has 112 valence electrons. The van der Waals surface area contributed by atoms with E-state index in [1.807, 2.05) is 6.92 Å². The van der Waals surface area contributed by atoms with E-state index in [4.69, 9.17) is 0 Å². The lowest BCUT2D eigenvalue weighted by Crippen LogP contribution is -2.15. The Morgan fingerprint density at radius 3 is 2.67 bits per heavy atom. The molecule has 1 unspecified atom stereocenters. The van der Waals surface area contributed by atoms with Gasteiger partial charge < -0.3 is 15.2 Å². The van der Waals surface area contributed by atoms with Crippen LogP contribution in [0.15, 0.2) is 6.33 Å². The second kappa shape index (κ2) is 5.69. The van der Waals surface area contributed by atoms with Crippen molar-refractivity contribution in [2.75, 3.05) is 17.7 Å². The molecule has 1 atom stereocenters. The third kappa shape index (κ3) is 2.88. The highest BCUT2D eigenvalue weighted by atomic mass is 16.6. The first kappa shape index (κ1) is 14.6. The molecule has 0 saturated heterocycles. The molecule has 21 heavy (non-hydrogen) atoms. The van der Waals surface area contributed by atoms with Crippen LogP contribution in [0.2, 0.25) is 0 Å². The number of hydrogen-bond acceptors (Lipinski definition) is 8. The van der Waals surface area contributed by atoms with E-state index in [0.29, 0.717) is 11.8 Å². The van der Waals surface area contributed by atoms with Gasteiger partial charge in [-0.15, -0.1) is 10.2 Å². The summed E-state index contributed by atoms with van der Waals surface area (Å²) in [7, 11) is 3.45. The fourth-order valence-corrected chi connectivity index (χ4v) is 1.95. The molecule has 10 nitrogen and oxygen atoms in total. The molecular weight excluding hydrogens is 276 g/mol. The first-order valence-electron chi connectivity index (χ1n) is 6.25. The first-order valence-corrected chi connectivity index (χ1v) is 6.25. The number of hydrogen-bond donors (Lipinski definition) is 2. The molecule has 0 bridgehead atoms. The predicted molar refractivity (Wildman–Crippen MR) is 76.0 cm³/mol. The fraction of sp³-hybridized carbons (Fsp3) is 0.455. The minimum atomic E-state index is -0.500. The molecule has 2 rings (SSSR count). The Labute approximate surface area is 120 Å². The quantitative estimate of drug-likeness (QED) is 0.618. The normalized spacial score (nSPS) is 12.0. The lowest BCUT2D eigenvalue weighted by molar-refractivity contribution is -0.385. The standard InChI is InChI=1S/C11H16N8O2/c1-6-8(19(20)21)9(16-11(12-3)15-6)14-7(2)10-17-13-5-18(10)4/h5,7H,1-4H3,(H2,12,14,15,16). The van der Waals surface area contributed by atoms with Crippen molar-refractivity contribution in [3.8, 4) is 0 Å². The van der Waals surface area contributed by atoms with Gasteiger partial charge in [-0.05, 0) is 13.8 Å². The van der Waals surface area contributed by atoms with Gasteiger partial charge in [-0.2, -0.15) is 4.98 Å². The van der Waals surface area contributed by atoms with Gasteiger partial charge in [0.25, 0.3) is 0 Å². The smallest absolute Gasteiger partial charge is 0.332 e. The highest BCUT2D eigenvalue weighted by Crippen LogP contribution is 2.29. The van der Waals surface area contributed by atoms with E-state index in [2.05, 4.69) is 30.8 Å². The van der Waals surface area contributed by atoms with Crippen molar-refractivity contribution in [2.45, 2.75) is 19.9 Å². The van der Waals surface area contributed by atoms with E-state index >= 15 is 0 Å². The molecule has 0 aliphatic heterocycles. The second-order valence-electron chi connectivity index (χ2n) is 4.50. The van der Waals surface area contributed by atoms with Crippen LogP contribution in [0.1, 0.15) is 24.5 Å². The number of anilines is 2. The van der Waals surface area contributed by atoms with Gasteiger partial charge in [-0.25, -0.2) is 4.98 Å². The van der Waals surface area contributed by atoms with Gasteiger partial charge in [0, 0.05) is 14.1 Å². The molecule has 0 fully saturated rings. The van der Waals surface area contributed by atoms with Crippen LogP contribution in [-0.2, 0) is 7.05 Å².